The van der Waals surface area contributed by atoms with Gasteiger partial charge in [-0.05, 0) is 44.2 Å². The third kappa shape index (κ3) is 3.18. The number of anilines is 1. The van der Waals surface area contributed by atoms with Crippen molar-refractivity contribution in [3.8, 4) is 0 Å². The fourth-order valence-electron chi connectivity index (χ4n) is 3.14. The van der Waals surface area contributed by atoms with Gasteiger partial charge in [-0.1, -0.05) is 0 Å². The molecule has 0 spiro atoms. The third-order valence-corrected chi connectivity index (χ3v) is 4.37. The molecule has 0 unspecified atom stereocenters. The minimum absolute atomic E-state index is 0.0331. The van der Waals surface area contributed by atoms with Crippen LogP contribution in [0.5, 0.6) is 0 Å². The molecule has 1 aromatic heterocycles. The predicted octanol–water partition coefficient (Wildman–Crippen LogP) is 2.41. The Bertz CT molecular complexity index is 483. The average Bonchev–Trinajstić information content (AvgIpc) is 3.18. The van der Waals surface area contributed by atoms with Gasteiger partial charge in [0.05, 0.1) is 11.7 Å². The number of hydrogen-bond acceptors (Lipinski definition) is 5. The monoisotopic (exact) mass is 290 g/mol. The first kappa shape index (κ1) is 14.3. The number of aromatic nitrogens is 1. The molecule has 21 heavy (non-hydrogen) atoms. The summed E-state index contributed by atoms with van der Waals surface area (Å²) in [6.45, 7) is 2.10. The Morgan fingerprint density at radius 1 is 1.19 bits per heavy atom. The SMILES string of the molecule is CO[C@H]1CCC[C@@H]1OC(=O)c1ccc(N2CCCC2)nc1. The first-order chi connectivity index (χ1) is 10.3. The standard InChI is InChI=1S/C16H22N2O3/c1-20-13-5-4-6-14(13)21-16(19)12-7-8-15(17-11-12)18-9-2-3-10-18/h7-8,11,13-14H,2-6,9-10H2,1H3/t13-,14-/m0/s1. The summed E-state index contributed by atoms with van der Waals surface area (Å²) in [5.41, 5.74) is 0.514. The first-order valence-corrected chi connectivity index (χ1v) is 7.72. The van der Waals surface area contributed by atoms with E-state index in [-0.39, 0.29) is 18.2 Å². The van der Waals surface area contributed by atoms with Gasteiger partial charge in [0, 0.05) is 26.4 Å². The normalized spacial score (nSPS) is 25.3. The van der Waals surface area contributed by atoms with Crippen molar-refractivity contribution in [2.45, 2.75) is 44.3 Å². The minimum Gasteiger partial charge on any atom is -0.456 e. The Hall–Kier alpha value is -1.62. The molecular weight excluding hydrogens is 268 g/mol. The molecule has 5 heteroatoms. The highest BCUT2D eigenvalue weighted by atomic mass is 16.6. The van der Waals surface area contributed by atoms with Crippen LogP contribution in [0.15, 0.2) is 18.3 Å². The van der Waals surface area contributed by atoms with Gasteiger partial charge in [-0.3, -0.25) is 0 Å². The van der Waals surface area contributed by atoms with E-state index in [9.17, 15) is 4.79 Å². The van der Waals surface area contributed by atoms with E-state index in [2.05, 4.69) is 9.88 Å². The highest BCUT2D eigenvalue weighted by Gasteiger charge is 2.30. The quantitative estimate of drug-likeness (QED) is 0.797. The van der Waals surface area contributed by atoms with E-state index in [0.29, 0.717) is 5.56 Å². The zero-order valence-corrected chi connectivity index (χ0v) is 12.5. The number of rotatable bonds is 4. The van der Waals surface area contributed by atoms with Crippen LogP contribution >= 0.6 is 0 Å². The molecule has 2 heterocycles. The summed E-state index contributed by atoms with van der Waals surface area (Å²) in [5.74, 6) is 0.643. The Morgan fingerprint density at radius 3 is 2.62 bits per heavy atom. The number of ether oxygens (including phenoxy) is 2. The van der Waals surface area contributed by atoms with Crippen molar-refractivity contribution in [1.29, 1.82) is 0 Å². The molecule has 2 aliphatic rings. The number of carbonyl (C=O) groups excluding carboxylic acids is 1. The van der Waals surface area contributed by atoms with Crippen LogP contribution in [0.25, 0.3) is 0 Å². The van der Waals surface area contributed by atoms with Gasteiger partial charge in [-0.2, -0.15) is 0 Å². The summed E-state index contributed by atoms with van der Waals surface area (Å²) in [7, 11) is 1.67. The van der Waals surface area contributed by atoms with Crippen molar-refractivity contribution >= 4 is 11.8 Å². The lowest BCUT2D eigenvalue weighted by molar-refractivity contribution is -0.0207. The molecule has 3 rings (SSSR count). The molecule has 0 N–H and O–H groups in total. The fourth-order valence-corrected chi connectivity index (χ4v) is 3.14. The van der Waals surface area contributed by atoms with Crippen LogP contribution < -0.4 is 4.90 Å². The van der Waals surface area contributed by atoms with Crippen LogP contribution in [0.4, 0.5) is 5.82 Å². The number of carbonyl (C=O) groups is 1. The van der Waals surface area contributed by atoms with Gasteiger partial charge < -0.3 is 14.4 Å². The smallest absolute Gasteiger partial charge is 0.340 e. The number of pyridine rings is 1. The second-order valence-electron chi connectivity index (χ2n) is 5.75. The Morgan fingerprint density at radius 2 is 1.95 bits per heavy atom. The van der Waals surface area contributed by atoms with Crippen molar-refractivity contribution in [2.75, 3.05) is 25.1 Å². The summed E-state index contributed by atoms with van der Waals surface area (Å²) < 4.78 is 10.9. The van der Waals surface area contributed by atoms with Gasteiger partial charge in [-0.25, -0.2) is 9.78 Å². The fraction of sp³-hybridized carbons (Fsp3) is 0.625. The van der Waals surface area contributed by atoms with Gasteiger partial charge in [-0.15, -0.1) is 0 Å². The predicted molar refractivity (Wildman–Crippen MR) is 79.5 cm³/mol. The van der Waals surface area contributed by atoms with Crippen LogP contribution in [-0.4, -0.2) is 43.4 Å². The van der Waals surface area contributed by atoms with E-state index in [1.54, 1.807) is 19.4 Å². The van der Waals surface area contributed by atoms with E-state index in [4.69, 9.17) is 9.47 Å². The lowest BCUT2D eigenvalue weighted by Crippen LogP contribution is -2.27. The van der Waals surface area contributed by atoms with Crippen LogP contribution in [0.2, 0.25) is 0 Å². The lowest BCUT2D eigenvalue weighted by atomic mass is 10.2. The van der Waals surface area contributed by atoms with Gasteiger partial charge in [0.2, 0.25) is 0 Å². The van der Waals surface area contributed by atoms with E-state index in [0.717, 1.165) is 38.2 Å². The second kappa shape index (κ2) is 6.43. The molecular formula is C16H22N2O3. The highest BCUT2D eigenvalue weighted by molar-refractivity contribution is 5.89. The molecule has 1 saturated heterocycles. The molecule has 0 amide bonds. The molecule has 2 atom stereocenters. The zero-order chi connectivity index (χ0) is 14.7. The van der Waals surface area contributed by atoms with Crippen molar-refractivity contribution in [3.05, 3.63) is 23.9 Å². The first-order valence-electron chi connectivity index (χ1n) is 7.72. The average molecular weight is 290 g/mol. The summed E-state index contributed by atoms with van der Waals surface area (Å²) in [4.78, 5) is 18.8. The number of esters is 1. The van der Waals surface area contributed by atoms with Crippen molar-refractivity contribution in [1.82, 2.24) is 4.98 Å². The van der Waals surface area contributed by atoms with Gasteiger partial charge in [0.15, 0.2) is 0 Å². The molecule has 5 nitrogen and oxygen atoms in total. The summed E-state index contributed by atoms with van der Waals surface area (Å²) in [5, 5.41) is 0. The maximum atomic E-state index is 12.2. The zero-order valence-electron chi connectivity index (χ0n) is 12.5. The van der Waals surface area contributed by atoms with Gasteiger partial charge >= 0.3 is 5.97 Å². The Kier molecular flexibility index (Phi) is 4.39. The molecule has 0 aromatic carbocycles. The maximum Gasteiger partial charge on any atom is 0.340 e. The molecule has 0 radical (unpaired) electrons. The lowest BCUT2D eigenvalue weighted by Gasteiger charge is -2.19. The van der Waals surface area contributed by atoms with E-state index >= 15 is 0 Å². The largest absolute Gasteiger partial charge is 0.456 e. The maximum absolute atomic E-state index is 12.2. The second-order valence-corrected chi connectivity index (χ2v) is 5.75. The number of methoxy groups -OCH3 is 1. The number of hydrogen-bond donors (Lipinski definition) is 0. The molecule has 1 aromatic rings. The summed E-state index contributed by atoms with van der Waals surface area (Å²) in [6, 6.07) is 3.71. The highest BCUT2D eigenvalue weighted by Crippen LogP contribution is 2.25. The summed E-state index contributed by atoms with van der Waals surface area (Å²) in [6.07, 6.45) is 6.84. The van der Waals surface area contributed by atoms with Crippen molar-refractivity contribution < 1.29 is 14.3 Å². The van der Waals surface area contributed by atoms with Crippen molar-refractivity contribution in [3.63, 3.8) is 0 Å². The van der Waals surface area contributed by atoms with Crippen LogP contribution in [-0.2, 0) is 9.47 Å². The Balaban J connectivity index is 1.62. The molecule has 114 valence electrons. The molecule has 2 fully saturated rings. The topological polar surface area (TPSA) is 51.7 Å². The van der Waals surface area contributed by atoms with Crippen LogP contribution in [0.3, 0.4) is 0 Å². The molecule has 1 aliphatic heterocycles. The molecule has 1 aliphatic carbocycles. The Labute approximate surface area is 125 Å². The van der Waals surface area contributed by atoms with Gasteiger partial charge in [0.25, 0.3) is 0 Å². The van der Waals surface area contributed by atoms with Crippen LogP contribution in [0, 0.1) is 0 Å². The molecule has 1 saturated carbocycles. The van der Waals surface area contributed by atoms with Gasteiger partial charge in [0.1, 0.15) is 11.9 Å². The van der Waals surface area contributed by atoms with Crippen LogP contribution in [0.1, 0.15) is 42.5 Å². The molecule has 0 bridgehead atoms. The van der Waals surface area contributed by atoms with E-state index in [1.165, 1.54) is 12.8 Å². The summed E-state index contributed by atoms with van der Waals surface area (Å²) >= 11 is 0. The van der Waals surface area contributed by atoms with E-state index < -0.39 is 0 Å². The van der Waals surface area contributed by atoms with E-state index in [1.807, 2.05) is 6.07 Å². The minimum atomic E-state index is -0.301. The third-order valence-electron chi connectivity index (χ3n) is 4.37. The van der Waals surface area contributed by atoms with Crippen molar-refractivity contribution in [2.24, 2.45) is 0 Å². The number of nitrogens with zero attached hydrogens (tertiary/aromatic N) is 2.